The van der Waals surface area contributed by atoms with Crippen LogP contribution in [0.4, 0.5) is 0 Å². The van der Waals surface area contributed by atoms with E-state index < -0.39 is 0 Å². The molecule has 0 aliphatic heterocycles. The van der Waals surface area contributed by atoms with Gasteiger partial charge in [0, 0.05) is 11.4 Å². The minimum absolute atomic E-state index is 0.545. The number of benzene rings is 1. The van der Waals surface area contributed by atoms with E-state index in [0.29, 0.717) is 13.2 Å². The van der Waals surface area contributed by atoms with Crippen molar-refractivity contribution in [1.29, 1.82) is 0 Å². The molecule has 0 aliphatic carbocycles. The van der Waals surface area contributed by atoms with Crippen molar-refractivity contribution in [3.05, 3.63) is 50.6 Å². The molecule has 1 aromatic heterocycles. The third-order valence-corrected chi connectivity index (χ3v) is 3.65. The summed E-state index contributed by atoms with van der Waals surface area (Å²) in [5, 5.41) is 2.05. The molecule has 0 amide bonds. The van der Waals surface area contributed by atoms with Gasteiger partial charge in [0.25, 0.3) is 0 Å². The molecule has 0 spiro atoms. The van der Waals surface area contributed by atoms with E-state index in [9.17, 15) is 0 Å². The monoisotopic (exact) mass is 297 g/mol. The molecular weight excluding hydrogens is 286 g/mol. The Morgan fingerprint density at radius 1 is 1.31 bits per heavy atom. The molecule has 2 aromatic rings. The lowest BCUT2D eigenvalue weighted by atomic mass is 10.2. The van der Waals surface area contributed by atoms with Crippen molar-refractivity contribution < 1.29 is 4.74 Å². The van der Waals surface area contributed by atoms with Crippen LogP contribution in [0.1, 0.15) is 10.4 Å². The van der Waals surface area contributed by atoms with Crippen LogP contribution in [0.3, 0.4) is 0 Å². The zero-order valence-electron chi connectivity index (χ0n) is 8.65. The van der Waals surface area contributed by atoms with Crippen molar-refractivity contribution in [2.75, 3.05) is 0 Å². The molecule has 0 unspecified atom stereocenters. The first kappa shape index (κ1) is 11.6. The zero-order valence-corrected chi connectivity index (χ0v) is 11.1. The average molecular weight is 298 g/mol. The van der Waals surface area contributed by atoms with Crippen LogP contribution in [0.2, 0.25) is 0 Å². The van der Waals surface area contributed by atoms with E-state index >= 15 is 0 Å². The van der Waals surface area contributed by atoms with Gasteiger partial charge < -0.3 is 10.5 Å². The average Bonchev–Trinajstić information content (AvgIpc) is 2.80. The van der Waals surface area contributed by atoms with E-state index in [1.807, 2.05) is 29.6 Å². The minimum Gasteiger partial charge on any atom is -0.487 e. The van der Waals surface area contributed by atoms with Crippen LogP contribution in [0, 0.1) is 0 Å². The maximum atomic E-state index is 5.70. The first-order chi connectivity index (χ1) is 7.79. The van der Waals surface area contributed by atoms with Crippen molar-refractivity contribution in [3.63, 3.8) is 0 Å². The normalized spacial score (nSPS) is 10.4. The van der Waals surface area contributed by atoms with Gasteiger partial charge in [0.05, 0.1) is 4.47 Å². The van der Waals surface area contributed by atoms with Crippen molar-refractivity contribution >= 4 is 27.3 Å². The first-order valence-electron chi connectivity index (χ1n) is 4.93. The quantitative estimate of drug-likeness (QED) is 0.937. The van der Waals surface area contributed by atoms with Crippen LogP contribution in [-0.4, -0.2) is 0 Å². The Morgan fingerprint density at radius 2 is 2.19 bits per heavy atom. The molecular formula is C12H12BrNOS. The predicted octanol–water partition coefficient (Wildman–Crippen LogP) is 3.55. The summed E-state index contributed by atoms with van der Waals surface area (Å²) in [5.74, 6) is 0.852. The lowest BCUT2D eigenvalue weighted by Crippen LogP contribution is -1.98. The maximum Gasteiger partial charge on any atom is 0.134 e. The van der Waals surface area contributed by atoms with Crippen LogP contribution in [-0.2, 0) is 13.2 Å². The molecule has 1 aromatic carbocycles. The maximum absolute atomic E-state index is 5.70. The van der Waals surface area contributed by atoms with E-state index in [1.54, 1.807) is 11.3 Å². The molecule has 84 valence electrons. The number of hydrogen-bond acceptors (Lipinski definition) is 3. The molecule has 2 rings (SSSR count). The van der Waals surface area contributed by atoms with Crippen LogP contribution in [0.5, 0.6) is 5.75 Å². The van der Waals surface area contributed by atoms with Gasteiger partial charge in [-0.1, -0.05) is 12.1 Å². The Bertz CT molecular complexity index is 456. The highest BCUT2D eigenvalue weighted by Gasteiger charge is 2.02. The first-order valence-corrected chi connectivity index (χ1v) is 6.60. The lowest BCUT2D eigenvalue weighted by molar-refractivity contribution is 0.308. The number of nitrogens with two attached hydrogens (primary N) is 1. The molecule has 4 heteroatoms. The number of halogens is 1. The van der Waals surface area contributed by atoms with Gasteiger partial charge in [-0.2, -0.15) is 0 Å². The van der Waals surface area contributed by atoms with Crippen molar-refractivity contribution in [3.8, 4) is 5.75 Å². The number of rotatable bonds is 4. The molecule has 1 heterocycles. The second-order valence-electron chi connectivity index (χ2n) is 3.34. The van der Waals surface area contributed by atoms with Gasteiger partial charge in [0.1, 0.15) is 12.4 Å². The van der Waals surface area contributed by atoms with Crippen molar-refractivity contribution in [2.45, 2.75) is 13.2 Å². The summed E-state index contributed by atoms with van der Waals surface area (Å²) < 4.78 is 6.65. The Morgan fingerprint density at radius 3 is 2.81 bits per heavy atom. The molecule has 0 radical (unpaired) electrons. The van der Waals surface area contributed by atoms with E-state index in [-0.39, 0.29) is 0 Å². The van der Waals surface area contributed by atoms with Gasteiger partial charge in [-0.15, -0.1) is 11.3 Å². The third-order valence-electron chi connectivity index (χ3n) is 2.18. The van der Waals surface area contributed by atoms with Crippen LogP contribution < -0.4 is 10.5 Å². The van der Waals surface area contributed by atoms with Gasteiger partial charge >= 0.3 is 0 Å². The molecule has 0 fully saturated rings. The molecule has 0 saturated heterocycles. The fraction of sp³-hybridized carbons (Fsp3) is 0.167. The summed E-state index contributed by atoms with van der Waals surface area (Å²) in [5.41, 5.74) is 6.65. The van der Waals surface area contributed by atoms with Gasteiger partial charge in [-0.3, -0.25) is 0 Å². The highest BCUT2D eigenvalue weighted by Crippen LogP contribution is 2.27. The smallest absolute Gasteiger partial charge is 0.134 e. The van der Waals surface area contributed by atoms with E-state index in [2.05, 4.69) is 22.0 Å². The van der Waals surface area contributed by atoms with Gasteiger partial charge in [-0.05, 0) is 45.1 Å². The topological polar surface area (TPSA) is 35.2 Å². The summed E-state index contributed by atoms with van der Waals surface area (Å²) in [6.07, 6.45) is 0. The Balaban J connectivity index is 2.04. The summed E-state index contributed by atoms with van der Waals surface area (Å²) in [6.45, 7) is 1.15. The molecule has 2 nitrogen and oxygen atoms in total. The molecule has 0 saturated carbocycles. The van der Waals surface area contributed by atoms with E-state index in [0.717, 1.165) is 15.8 Å². The molecule has 16 heavy (non-hydrogen) atoms. The highest BCUT2D eigenvalue weighted by atomic mass is 79.9. The standard InChI is InChI=1S/C12H12BrNOS/c13-11-6-9(7-14)3-4-12(11)15-8-10-2-1-5-16-10/h1-6H,7-8,14H2. The van der Waals surface area contributed by atoms with Gasteiger partial charge in [0.2, 0.25) is 0 Å². The number of ether oxygens (including phenoxy) is 1. The fourth-order valence-corrected chi connectivity index (χ4v) is 2.49. The van der Waals surface area contributed by atoms with Crippen LogP contribution in [0.25, 0.3) is 0 Å². The zero-order chi connectivity index (χ0) is 11.4. The largest absolute Gasteiger partial charge is 0.487 e. The van der Waals surface area contributed by atoms with E-state index in [4.69, 9.17) is 10.5 Å². The summed E-state index contributed by atoms with van der Waals surface area (Å²) in [6, 6.07) is 10.0. The van der Waals surface area contributed by atoms with Crippen LogP contribution >= 0.6 is 27.3 Å². The number of hydrogen-bond donors (Lipinski definition) is 1. The van der Waals surface area contributed by atoms with Crippen LogP contribution in [0.15, 0.2) is 40.2 Å². The molecule has 0 atom stereocenters. The number of thiophene rings is 1. The van der Waals surface area contributed by atoms with Crippen molar-refractivity contribution in [2.24, 2.45) is 5.73 Å². The molecule has 2 N–H and O–H groups in total. The van der Waals surface area contributed by atoms with Crippen molar-refractivity contribution in [1.82, 2.24) is 0 Å². The second-order valence-corrected chi connectivity index (χ2v) is 5.22. The predicted molar refractivity (Wildman–Crippen MR) is 70.7 cm³/mol. The SMILES string of the molecule is NCc1ccc(OCc2cccs2)c(Br)c1. The van der Waals surface area contributed by atoms with Gasteiger partial charge in [0.15, 0.2) is 0 Å². The lowest BCUT2D eigenvalue weighted by Gasteiger charge is -2.08. The Kier molecular flexibility index (Phi) is 3.98. The summed E-state index contributed by atoms with van der Waals surface area (Å²) in [4.78, 5) is 1.22. The second kappa shape index (κ2) is 5.48. The Labute approximate surface area is 107 Å². The third kappa shape index (κ3) is 2.84. The van der Waals surface area contributed by atoms with E-state index in [1.165, 1.54) is 4.88 Å². The molecule has 0 aliphatic rings. The molecule has 0 bridgehead atoms. The minimum atomic E-state index is 0.545. The fourth-order valence-electron chi connectivity index (χ4n) is 1.33. The highest BCUT2D eigenvalue weighted by molar-refractivity contribution is 9.10. The summed E-state index contributed by atoms with van der Waals surface area (Å²) in [7, 11) is 0. The summed E-state index contributed by atoms with van der Waals surface area (Å²) >= 11 is 5.17. The van der Waals surface area contributed by atoms with Gasteiger partial charge in [-0.25, -0.2) is 0 Å². The Hall–Kier alpha value is -0.840.